The van der Waals surface area contributed by atoms with Gasteiger partial charge in [-0.2, -0.15) is 0 Å². The van der Waals surface area contributed by atoms with Crippen molar-refractivity contribution >= 4 is 29.4 Å². The van der Waals surface area contributed by atoms with Crippen molar-refractivity contribution in [2.24, 2.45) is 0 Å². The number of nitrogens with one attached hydrogen (secondary N) is 2. The number of rotatable bonds is 5. The molecule has 1 unspecified atom stereocenters. The second kappa shape index (κ2) is 8.22. The Morgan fingerprint density at radius 1 is 1.00 bits per heavy atom. The lowest BCUT2D eigenvalue weighted by atomic mass is 9.92. The van der Waals surface area contributed by atoms with Crippen molar-refractivity contribution in [2.75, 3.05) is 25.0 Å². The number of carbonyl (C=O) groups is 4. The van der Waals surface area contributed by atoms with Gasteiger partial charge in [0.1, 0.15) is 12.1 Å². The van der Waals surface area contributed by atoms with Gasteiger partial charge in [0.2, 0.25) is 5.91 Å². The van der Waals surface area contributed by atoms with E-state index in [1.54, 1.807) is 55.5 Å². The minimum atomic E-state index is -1.21. The number of hydrogen-bond donors (Lipinski definition) is 2. The smallest absolute Gasteiger partial charge is 0.325 e. The van der Waals surface area contributed by atoms with Crippen LogP contribution in [0.1, 0.15) is 35.7 Å². The SMILES string of the molecule is CC1(c2ccccc2)NC(=O)N(CC(=O)Nc2ccc(C(=O)N3CCCC3)cc2)C1=O. The Hall–Kier alpha value is -3.68. The van der Waals surface area contributed by atoms with Crippen molar-refractivity contribution in [3.8, 4) is 0 Å². The first kappa shape index (κ1) is 20.6. The quantitative estimate of drug-likeness (QED) is 0.726. The number of anilines is 1. The first-order valence-electron chi connectivity index (χ1n) is 10.3. The molecule has 5 amide bonds. The van der Waals surface area contributed by atoms with Crippen LogP contribution in [-0.2, 0) is 15.1 Å². The molecule has 2 aromatic carbocycles. The number of likely N-dealkylation sites (tertiary alicyclic amines) is 1. The molecule has 0 aromatic heterocycles. The molecule has 8 heteroatoms. The predicted molar refractivity (Wildman–Crippen MR) is 114 cm³/mol. The number of amides is 5. The highest BCUT2D eigenvalue weighted by Gasteiger charge is 2.49. The van der Waals surface area contributed by atoms with Gasteiger partial charge >= 0.3 is 6.03 Å². The highest BCUT2D eigenvalue weighted by Crippen LogP contribution is 2.28. The van der Waals surface area contributed by atoms with Gasteiger partial charge < -0.3 is 15.5 Å². The summed E-state index contributed by atoms with van der Waals surface area (Å²) in [5.74, 6) is -1.00. The first-order chi connectivity index (χ1) is 14.9. The topological polar surface area (TPSA) is 98.8 Å². The molecule has 0 saturated carbocycles. The molecule has 1 atom stereocenters. The van der Waals surface area contributed by atoms with Gasteiger partial charge in [0.05, 0.1) is 0 Å². The minimum Gasteiger partial charge on any atom is -0.339 e. The summed E-state index contributed by atoms with van der Waals surface area (Å²) >= 11 is 0. The van der Waals surface area contributed by atoms with E-state index in [4.69, 9.17) is 0 Å². The molecule has 0 spiro atoms. The molecule has 160 valence electrons. The fourth-order valence-corrected chi connectivity index (χ4v) is 3.95. The molecular formula is C23H24N4O4. The van der Waals surface area contributed by atoms with Crippen molar-refractivity contribution in [1.29, 1.82) is 0 Å². The molecular weight excluding hydrogens is 396 g/mol. The van der Waals surface area contributed by atoms with E-state index < -0.39 is 29.9 Å². The number of nitrogens with zero attached hydrogens (tertiary/aromatic N) is 2. The molecule has 2 heterocycles. The van der Waals surface area contributed by atoms with Gasteiger partial charge in [-0.05, 0) is 49.6 Å². The molecule has 2 aliphatic heterocycles. The first-order valence-corrected chi connectivity index (χ1v) is 10.3. The molecule has 2 saturated heterocycles. The van der Waals surface area contributed by atoms with Gasteiger partial charge in [-0.25, -0.2) is 4.79 Å². The Labute approximate surface area is 180 Å². The molecule has 4 rings (SSSR count). The van der Waals surface area contributed by atoms with E-state index in [0.717, 1.165) is 30.8 Å². The van der Waals surface area contributed by atoms with Crippen LogP contribution in [0.5, 0.6) is 0 Å². The average molecular weight is 420 g/mol. The number of urea groups is 1. The van der Waals surface area contributed by atoms with E-state index in [-0.39, 0.29) is 5.91 Å². The third-order valence-corrected chi connectivity index (χ3v) is 5.74. The summed E-state index contributed by atoms with van der Waals surface area (Å²) in [6.45, 7) is 2.76. The molecule has 2 aliphatic rings. The Kier molecular flexibility index (Phi) is 5.46. The Morgan fingerprint density at radius 2 is 1.65 bits per heavy atom. The number of carbonyl (C=O) groups excluding carboxylic acids is 4. The van der Waals surface area contributed by atoms with Crippen molar-refractivity contribution in [3.63, 3.8) is 0 Å². The number of benzene rings is 2. The van der Waals surface area contributed by atoms with Gasteiger partial charge in [-0.15, -0.1) is 0 Å². The van der Waals surface area contributed by atoms with Crippen LogP contribution in [0.2, 0.25) is 0 Å². The zero-order valence-corrected chi connectivity index (χ0v) is 17.3. The van der Waals surface area contributed by atoms with Crippen LogP contribution in [0.15, 0.2) is 54.6 Å². The lowest BCUT2D eigenvalue weighted by Crippen LogP contribution is -2.42. The largest absolute Gasteiger partial charge is 0.339 e. The predicted octanol–water partition coefficient (Wildman–Crippen LogP) is 2.33. The number of hydrogen-bond acceptors (Lipinski definition) is 4. The van der Waals surface area contributed by atoms with E-state index in [2.05, 4.69) is 10.6 Å². The van der Waals surface area contributed by atoms with Crippen molar-refractivity contribution in [3.05, 3.63) is 65.7 Å². The molecule has 2 N–H and O–H groups in total. The maximum absolute atomic E-state index is 12.9. The van der Waals surface area contributed by atoms with Gasteiger partial charge in [-0.3, -0.25) is 19.3 Å². The Morgan fingerprint density at radius 3 is 2.29 bits per heavy atom. The van der Waals surface area contributed by atoms with Crippen LogP contribution in [0.25, 0.3) is 0 Å². The molecule has 31 heavy (non-hydrogen) atoms. The van der Waals surface area contributed by atoms with E-state index >= 15 is 0 Å². The van der Waals surface area contributed by atoms with E-state index in [1.807, 2.05) is 11.0 Å². The summed E-state index contributed by atoms with van der Waals surface area (Å²) in [6.07, 6.45) is 2.04. The van der Waals surface area contributed by atoms with Crippen LogP contribution in [0.4, 0.5) is 10.5 Å². The maximum Gasteiger partial charge on any atom is 0.325 e. The van der Waals surface area contributed by atoms with Gasteiger partial charge in [0, 0.05) is 24.3 Å². The summed E-state index contributed by atoms with van der Waals surface area (Å²) in [4.78, 5) is 52.9. The molecule has 8 nitrogen and oxygen atoms in total. The fourth-order valence-electron chi connectivity index (χ4n) is 3.95. The lowest BCUT2D eigenvalue weighted by Gasteiger charge is -2.22. The highest BCUT2D eigenvalue weighted by molar-refractivity contribution is 6.10. The summed E-state index contributed by atoms with van der Waals surface area (Å²) in [5, 5.41) is 5.35. The van der Waals surface area contributed by atoms with Crippen molar-refractivity contribution in [1.82, 2.24) is 15.1 Å². The molecule has 2 fully saturated rings. The van der Waals surface area contributed by atoms with Gasteiger partial charge in [0.15, 0.2) is 0 Å². The monoisotopic (exact) mass is 420 g/mol. The second-order valence-electron chi connectivity index (χ2n) is 7.94. The zero-order chi connectivity index (χ0) is 22.0. The normalized spacial score (nSPS) is 20.7. The molecule has 0 aliphatic carbocycles. The van der Waals surface area contributed by atoms with Crippen LogP contribution < -0.4 is 10.6 Å². The second-order valence-corrected chi connectivity index (χ2v) is 7.94. The zero-order valence-electron chi connectivity index (χ0n) is 17.3. The third kappa shape index (κ3) is 4.01. The standard InChI is InChI=1S/C23H24N4O4/c1-23(17-7-3-2-4-8-17)21(30)27(22(31)25-23)15-19(28)24-18-11-9-16(10-12-18)20(29)26-13-5-6-14-26/h2-4,7-12H,5-6,13-15H2,1H3,(H,24,28)(H,25,31). The highest BCUT2D eigenvalue weighted by atomic mass is 16.2. The summed E-state index contributed by atoms with van der Waals surface area (Å²) in [5.41, 5.74) is 0.485. The van der Waals surface area contributed by atoms with Crippen molar-refractivity contribution < 1.29 is 19.2 Å². The van der Waals surface area contributed by atoms with Gasteiger partial charge in [0.25, 0.3) is 11.8 Å². The van der Waals surface area contributed by atoms with Crippen LogP contribution >= 0.6 is 0 Å². The van der Waals surface area contributed by atoms with Crippen molar-refractivity contribution in [2.45, 2.75) is 25.3 Å². The summed E-state index contributed by atoms with van der Waals surface area (Å²) in [7, 11) is 0. The fraction of sp³-hybridized carbons (Fsp3) is 0.304. The lowest BCUT2D eigenvalue weighted by molar-refractivity contribution is -0.133. The Balaban J connectivity index is 1.39. The van der Waals surface area contributed by atoms with E-state index in [0.29, 0.717) is 16.8 Å². The molecule has 2 aromatic rings. The van der Waals surface area contributed by atoms with Crippen LogP contribution in [0, 0.1) is 0 Å². The molecule has 0 bridgehead atoms. The number of imide groups is 1. The average Bonchev–Trinajstić information content (AvgIpc) is 3.38. The van der Waals surface area contributed by atoms with Crippen LogP contribution in [0.3, 0.4) is 0 Å². The van der Waals surface area contributed by atoms with E-state index in [1.165, 1.54) is 0 Å². The summed E-state index contributed by atoms with van der Waals surface area (Å²) in [6, 6.07) is 14.9. The summed E-state index contributed by atoms with van der Waals surface area (Å²) < 4.78 is 0. The Bertz CT molecular complexity index is 1020. The minimum absolute atomic E-state index is 0.0186. The van der Waals surface area contributed by atoms with E-state index in [9.17, 15) is 19.2 Å². The van der Waals surface area contributed by atoms with Gasteiger partial charge in [-0.1, -0.05) is 30.3 Å². The molecule has 0 radical (unpaired) electrons. The van der Waals surface area contributed by atoms with Crippen LogP contribution in [-0.4, -0.2) is 53.2 Å². The maximum atomic E-state index is 12.9. The third-order valence-electron chi connectivity index (χ3n) is 5.74.